The third-order valence-corrected chi connectivity index (χ3v) is 4.06. The highest BCUT2D eigenvalue weighted by molar-refractivity contribution is 7.89. The lowest BCUT2D eigenvalue weighted by atomic mass is 10.4. The van der Waals surface area contributed by atoms with E-state index < -0.39 is 10.0 Å². The average molecular weight is 286 g/mol. The van der Waals surface area contributed by atoms with Gasteiger partial charge >= 0.3 is 0 Å². The minimum atomic E-state index is -3.48. The number of nitrogens with one attached hydrogen (secondary N) is 2. The maximum atomic E-state index is 11.9. The van der Waals surface area contributed by atoms with Gasteiger partial charge in [-0.3, -0.25) is 0 Å². The Morgan fingerprint density at radius 3 is 2.61 bits per heavy atom. The molecule has 18 heavy (non-hydrogen) atoms. The van der Waals surface area contributed by atoms with Crippen molar-refractivity contribution >= 4 is 21.6 Å². The van der Waals surface area contributed by atoms with Crippen LogP contribution in [0.5, 0.6) is 0 Å². The Kier molecular flexibility index (Phi) is 4.00. The standard InChI is InChI=1S/C11H12ClN3O2S/c12-9-1-3-10(4-2-9)18(16,17)15-6-5-11-13-7-8-14-11/h1-4,7-8,15H,5-6H2,(H,13,14). The molecule has 0 saturated carbocycles. The second-order valence-corrected chi connectivity index (χ2v) is 5.84. The van der Waals surface area contributed by atoms with Gasteiger partial charge in [-0.2, -0.15) is 0 Å². The predicted molar refractivity (Wildman–Crippen MR) is 68.9 cm³/mol. The molecule has 1 aromatic heterocycles. The highest BCUT2D eigenvalue weighted by Gasteiger charge is 2.12. The number of aromatic amines is 1. The zero-order chi connectivity index (χ0) is 13.0. The SMILES string of the molecule is O=S(=O)(NCCc1ncc[nH]1)c1ccc(Cl)cc1. The molecule has 0 bridgehead atoms. The lowest BCUT2D eigenvalue weighted by Gasteiger charge is -2.05. The van der Waals surface area contributed by atoms with Gasteiger partial charge in [0.05, 0.1) is 4.90 Å². The molecule has 1 heterocycles. The molecule has 5 nitrogen and oxygen atoms in total. The molecule has 2 N–H and O–H groups in total. The van der Waals surface area contributed by atoms with Crippen LogP contribution in [0.2, 0.25) is 5.02 Å². The van der Waals surface area contributed by atoms with Gasteiger partial charge in [0.1, 0.15) is 5.82 Å². The zero-order valence-electron chi connectivity index (χ0n) is 9.43. The molecular formula is C11H12ClN3O2S. The maximum Gasteiger partial charge on any atom is 0.240 e. The van der Waals surface area contributed by atoms with Gasteiger partial charge in [-0.25, -0.2) is 18.1 Å². The molecule has 0 fully saturated rings. The fraction of sp³-hybridized carbons (Fsp3) is 0.182. The van der Waals surface area contributed by atoms with Crippen LogP contribution in [0.15, 0.2) is 41.6 Å². The van der Waals surface area contributed by atoms with Crippen LogP contribution in [0.3, 0.4) is 0 Å². The van der Waals surface area contributed by atoms with Crippen LogP contribution in [0.4, 0.5) is 0 Å². The van der Waals surface area contributed by atoms with Crippen molar-refractivity contribution in [2.45, 2.75) is 11.3 Å². The number of aromatic nitrogens is 2. The molecular weight excluding hydrogens is 274 g/mol. The first-order valence-corrected chi connectivity index (χ1v) is 7.17. The number of benzene rings is 1. The van der Waals surface area contributed by atoms with Gasteiger partial charge in [-0.15, -0.1) is 0 Å². The van der Waals surface area contributed by atoms with E-state index in [2.05, 4.69) is 14.7 Å². The van der Waals surface area contributed by atoms with E-state index in [-0.39, 0.29) is 4.90 Å². The van der Waals surface area contributed by atoms with Gasteiger partial charge in [0.15, 0.2) is 0 Å². The van der Waals surface area contributed by atoms with Crippen molar-refractivity contribution in [1.82, 2.24) is 14.7 Å². The Morgan fingerprint density at radius 1 is 1.28 bits per heavy atom. The summed E-state index contributed by atoms with van der Waals surface area (Å²) in [6.45, 7) is 0.290. The van der Waals surface area contributed by atoms with E-state index in [1.54, 1.807) is 24.5 Å². The number of sulfonamides is 1. The lowest BCUT2D eigenvalue weighted by Crippen LogP contribution is -2.26. The normalized spacial score (nSPS) is 11.6. The number of rotatable bonds is 5. The first kappa shape index (κ1) is 13.1. The Bertz CT molecular complexity index is 594. The Hall–Kier alpha value is -1.37. The van der Waals surface area contributed by atoms with E-state index in [4.69, 9.17) is 11.6 Å². The highest BCUT2D eigenvalue weighted by Crippen LogP contribution is 2.13. The van der Waals surface area contributed by atoms with Gasteiger partial charge in [0.25, 0.3) is 0 Å². The van der Waals surface area contributed by atoms with Crippen LogP contribution in [0.25, 0.3) is 0 Å². The van der Waals surface area contributed by atoms with Gasteiger partial charge in [-0.1, -0.05) is 11.6 Å². The van der Waals surface area contributed by atoms with E-state index in [9.17, 15) is 8.42 Å². The molecule has 0 atom stereocenters. The highest BCUT2D eigenvalue weighted by atomic mass is 35.5. The number of halogens is 1. The van der Waals surface area contributed by atoms with Gasteiger partial charge in [0.2, 0.25) is 10.0 Å². The summed E-state index contributed by atoms with van der Waals surface area (Å²) >= 11 is 5.71. The van der Waals surface area contributed by atoms with E-state index in [0.29, 0.717) is 18.0 Å². The number of hydrogen-bond donors (Lipinski definition) is 2. The molecule has 2 rings (SSSR count). The average Bonchev–Trinajstić information content (AvgIpc) is 2.82. The van der Waals surface area contributed by atoms with Crippen molar-refractivity contribution in [2.24, 2.45) is 0 Å². The van der Waals surface area contributed by atoms with E-state index in [1.165, 1.54) is 12.1 Å². The third-order valence-electron chi connectivity index (χ3n) is 2.33. The van der Waals surface area contributed by atoms with Crippen LogP contribution in [0.1, 0.15) is 5.82 Å². The molecule has 1 aromatic carbocycles. The number of imidazole rings is 1. The van der Waals surface area contributed by atoms with E-state index in [1.807, 2.05) is 0 Å². The first-order valence-electron chi connectivity index (χ1n) is 5.31. The Labute approximate surface area is 110 Å². The summed E-state index contributed by atoms with van der Waals surface area (Å²) in [6.07, 6.45) is 3.84. The van der Waals surface area contributed by atoms with Crippen LogP contribution >= 0.6 is 11.6 Å². The smallest absolute Gasteiger partial charge is 0.240 e. The predicted octanol–water partition coefficient (Wildman–Crippen LogP) is 1.58. The molecule has 2 aromatic rings. The fourth-order valence-electron chi connectivity index (χ4n) is 1.44. The summed E-state index contributed by atoms with van der Waals surface area (Å²) in [7, 11) is -3.48. The summed E-state index contributed by atoms with van der Waals surface area (Å²) in [4.78, 5) is 7.12. The van der Waals surface area contributed by atoms with Crippen molar-refractivity contribution in [3.63, 3.8) is 0 Å². The maximum absolute atomic E-state index is 11.9. The molecule has 0 aliphatic carbocycles. The minimum absolute atomic E-state index is 0.200. The number of H-pyrrole nitrogens is 1. The molecule has 0 aliphatic rings. The molecule has 0 aliphatic heterocycles. The van der Waals surface area contributed by atoms with Crippen molar-refractivity contribution in [1.29, 1.82) is 0 Å². The van der Waals surface area contributed by atoms with Crippen molar-refractivity contribution < 1.29 is 8.42 Å². The van der Waals surface area contributed by atoms with Gasteiger partial charge in [-0.05, 0) is 24.3 Å². The molecule has 96 valence electrons. The van der Waals surface area contributed by atoms with E-state index >= 15 is 0 Å². The van der Waals surface area contributed by atoms with Crippen molar-refractivity contribution in [3.05, 3.63) is 47.5 Å². The monoisotopic (exact) mass is 285 g/mol. The van der Waals surface area contributed by atoms with Crippen LogP contribution in [-0.2, 0) is 16.4 Å². The second kappa shape index (κ2) is 5.51. The van der Waals surface area contributed by atoms with Crippen LogP contribution in [0, 0.1) is 0 Å². The summed E-state index contributed by atoms with van der Waals surface area (Å²) < 4.78 is 26.3. The quantitative estimate of drug-likeness (QED) is 0.876. The lowest BCUT2D eigenvalue weighted by molar-refractivity contribution is 0.581. The fourth-order valence-corrected chi connectivity index (χ4v) is 2.59. The third kappa shape index (κ3) is 3.32. The van der Waals surface area contributed by atoms with Gasteiger partial charge in [0, 0.05) is 30.4 Å². The topological polar surface area (TPSA) is 74.8 Å². The summed E-state index contributed by atoms with van der Waals surface area (Å²) in [5, 5.41) is 0.504. The largest absolute Gasteiger partial charge is 0.349 e. The molecule has 0 saturated heterocycles. The van der Waals surface area contributed by atoms with Crippen molar-refractivity contribution in [2.75, 3.05) is 6.54 Å². The van der Waals surface area contributed by atoms with Crippen molar-refractivity contribution in [3.8, 4) is 0 Å². The van der Waals surface area contributed by atoms with Crippen LogP contribution < -0.4 is 4.72 Å². The first-order chi connectivity index (χ1) is 8.58. The van der Waals surface area contributed by atoms with E-state index in [0.717, 1.165) is 5.82 Å². The molecule has 7 heteroatoms. The molecule has 0 radical (unpaired) electrons. The summed E-state index contributed by atoms with van der Waals surface area (Å²) in [5.41, 5.74) is 0. The number of nitrogens with zero attached hydrogens (tertiary/aromatic N) is 1. The number of hydrogen-bond acceptors (Lipinski definition) is 3. The molecule has 0 unspecified atom stereocenters. The molecule has 0 spiro atoms. The molecule has 0 amide bonds. The van der Waals surface area contributed by atoms with Gasteiger partial charge < -0.3 is 4.98 Å². The summed E-state index contributed by atoms with van der Waals surface area (Å²) in [6, 6.07) is 6.03. The Balaban J connectivity index is 1.97. The van der Waals surface area contributed by atoms with Crippen LogP contribution in [-0.4, -0.2) is 24.9 Å². The Morgan fingerprint density at radius 2 is 2.00 bits per heavy atom. The minimum Gasteiger partial charge on any atom is -0.349 e. The second-order valence-electron chi connectivity index (χ2n) is 3.64. The summed E-state index contributed by atoms with van der Waals surface area (Å²) in [5.74, 6) is 0.744. The zero-order valence-corrected chi connectivity index (χ0v) is 11.0.